The molecule has 2 fully saturated rings. The predicted octanol–water partition coefficient (Wildman–Crippen LogP) is 1.55. The highest BCUT2D eigenvalue weighted by Crippen LogP contribution is 2.52. The smallest absolute Gasteiger partial charge is 0.307 e. The maximum Gasteiger partial charge on any atom is 0.307 e. The maximum absolute atomic E-state index is 12.3. The standard InChI is InChI=1S/C14H15BrN2O5/c15-9-4-3-8(22-9)12(18)16-17-13(19)10-6-1-2-7(5-6)11(10)14(20)21/h3-4,6-7,10-11H,1-2,5H2,(H,16,18)(H,17,19)(H,20,21)/t6-,7+,10-,11-/m0/s1. The number of halogens is 1. The van der Waals surface area contributed by atoms with Gasteiger partial charge in [0.2, 0.25) is 5.91 Å². The Morgan fingerprint density at radius 3 is 2.41 bits per heavy atom. The van der Waals surface area contributed by atoms with E-state index in [-0.39, 0.29) is 17.6 Å². The zero-order chi connectivity index (χ0) is 15.9. The molecule has 0 unspecified atom stereocenters. The SMILES string of the molecule is O=C(NNC(=O)[C@H]1[C@H]2CC[C@H](C2)[C@@H]1C(=O)O)c1ccc(Br)o1. The molecule has 0 spiro atoms. The molecule has 0 aromatic carbocycles. The molecule has 3 N–H and O–H groups in total. The van der Waals surface area contributed by atoms with Crippen LogP contribution in [0.3, 0.4) is 0 Å². The number of nitrogens with one attached hydrogen (secondary N) is 2. The second-order valence-corrected chi connectivity index (χ2v) is 6.55. The molecule has 22 heavy (non-hydrogen) atoms. The van der Waals surface area contributed by atoms with Crippen LogP contribution in [-0.4, -0.2) is 22.9 Å². The molecule has 7 nitrogen and oxygen atoms in total. The fraction of sp³-hybridized carbons (Fsp3) is 0.500. The van der Waals surface area contributed by atoms with E-state index < -0.39 is 29.6 Å². The van der Waals surface area contributed by atoms with Crippen molar-refractivity contribution in [2.24, 2.45) is 23.7 Å². The van der Waals surface area contributed by atoms with E-state index in [1.165, 1.54) is 6.07 Å². The van der Waals surface area contributed by atoms with Crippen molar-refractivity contribution < 1.29 is 23.9 Å². The lowest BCUT2D eigenvalue weighted by molar-refractivity contribution is -0.149. The lowest BCUT2D eigenvalue weighted by Gasteiger charge is -2.26. The predicted molar refractivity (Wildman–Crippen MR) is 77.5 cm³/mol. The van der Waals surface area contributed by atoms with Gasteiger partial charge < -0.3 is 9.52 Å². The zero-order valence-corrected chi connectivity index (χ0v) is 13.1. The molecule has 3 rings (SSSR count). The quantitative estimate of drug-likeness (QED) is 0.699. The van der Waals surface area contributed by atoms with Crippen LogP contribution in [0, 0.1) is 23.7 Å². The van der Waals surface area contributed by atoms with Crippen LogP contribution in [0.25, 0.3) is 0 Å². The number of carbonyl (C=O) groups excluding carboxylic acids is 2. The molecular formula is C14H15BrN2O5. The molecule has 1 aromatic heterocycles. The van der Waals surface area contributed by atoms with Crippen molar-refractivity contribution in [2.45, 2.75) is 19.3 Å². The summed E-state index contributed by atoms with van der Waals surface area (Å²) < 4.78 is 5.48. The summed E-state index contributed by atoms with van der Waals surface area (Å²) in [5.74, 6) is -3.01. The third-order valence-corrected chi connectivity index (χ3v) is 5.03. The second kappa shape index (κ2) is 5.75. The zero-order valence-electron chi connectivity index (χ0n) is 11.5. The third-order valence-electron chi connectivity index (χ3n) is 4.60. The molecule has 2 aliphatic rings. The van der Waals surface area contributed by atoms with Gasteiger partial charge in [0, 0.05) is 0 Å². The van der Waals surface area contributed by atoms with Gasteiger partial charge in [-0.2, -0.15) is 0 Å². The van der Waals surface area contributed by atoms with E-state index in [9.17, 15) is 19.5 Å². The van der Waals surface area contributed by atoms with Gasteiger partial charge in [-0.3, -0.25) is 25.2 Å². The van der Waals surface area contributed by atoms with Gasteiger partial charge in [-0.15, -0.1) is 0 Å². The summed E-state index contributed by atoms with van der Waals surface area (Å²) in [6, 6.07) is 3.02. The molecule has 0 saturated heterocycles. The van der Waals surface area contributed by atoms with E-state index >= 15 is 0 Å². The van der Waals surface area contributed by atoms with Crippen molar-refractivity contribution in [3.63, 3.8) is 0 Å². The number of carboxylic acid groups (broad SMARTS) is 1. The van der Waals surface area contributed by atoms with Crippen LogP contribution in [0.15, 0.2) is 21.2 Å². The van der Waals surface area contributed by atoms with Gasteiger partial charge in [-0.1, -0.05) is 0 Å². The summed E-state index contributed by atoms with van der Waals surface area (Å²) >= 11 is 3.08. The van der Waals surface area contributed by atoms with Gasteiger partial charge in [0.15, 0.2) is 10.4 Å². The molecule has 0 aliphatic heterocycles. The first kappa shape index (κ1) is 15.1. The number of rotatable bonds is 3. The number of carbonyl (C=O) groups is 3. The average Bonchev–Trinajstić information content (AvgIpc) is 3.18. The van der Waals surface area contributed by atoms with E-state index in [0.29, 0.717) is 4.67 Å². The lowest BCUT2D eigenvalue weighted by atomic mass is 9.79. The van der Waals surface area contributed by atoms with E-state index in [1.54, 1.807) is 6.07 Å². The van der Waals surface area contributed by atoms with Gasteiger partial charge in [-0.25, -0.2) is 0 Å². The second-order valence-electron chi connectivity index (χ2n) is 5.77. The number of hydrogen-bond donors (Lipinski definition) is 3. The average molecular weight is 371 g/mol. The number of furan rings is 1. The fourth-order valence-electron chi connectivity index (χ4n) is 3.72. The van der Waals surface area contributed by atoms with Gasteiger partial charge in [-0.05, 0) is 59.2 Å². The van der Waals surface area contributed by atoms with Crippen LogP contribution in [0.2, 0.25) is 0 Å². The molecule has 1 heterocycles. The molecule has 1 aromatic rings. The molecule has 2 bridgehead atoms. The lowest BCUT2D eigenvalue weighted by Crippen LogP contribution is -2.48. The van der Waals surface area contributed by atoms with E-state index in [2.05, 4.69) is 26.8 Å². The summed E-state index contributed by atoms with van der Waals surface area (Å²) in [6.07, 6.45) is 2.50. The van der Waals surface area contributed by atoms with Crippen LogP contribution in [0.5, 0.6) is 0 Å². The summed E-state index contributed by atoms with van der Waals surface area (Å²) in [5.41, 5.74) is 4.59. The Labute approximate surface area is 134 Å². The van der Waals surface area contributed by atoms with Gasteiger partial charge in [0.25, 0.3) is 0 Å². The minimum atomic E-state index is -0.936. The number of aliphatic carboxylic acids is 1. The third kappa shape index (κ3) is 2.63. The molecule has 0 radical (unpaired) electrons. The van der Waals surface area contributed by atoms with Crippen LogP contribution in [-0.2, 0) is 9.59 Å². The van der Waals surface area contributed by atoms with Crippen molar-refractivity contribution in [3.05, 3.63) is 22.6 Å². The molecular weight excluding hydrogens is 356 g/mol. The Kier molecular flexibility index (Phi) is 3.94. The van der Waals surface area contributed by atoms with Crippen LogP contribution in [0.1, 0.15) is 29.8 Å². The Hall–Kier alpha value is -1.83. The van der Waals surface area contributed by atoms with Crippen molar-refractivity contribution in [1.29, 1.82) is 0 Å². The number of hydrogen-bond acceptors (Lipinski definition) is 4. The Bertz CT molecular complexity index is 629. The van der Waals surface area contributed by atoms with Gasteiger partial charge >= 0.3 is 11.9 Å². The minimum absolute atomic E-state index is 0.0508. The largest absolute Gasteiger partial charge is 0.481 e. The van der Waals surface area contributed by atoms with Crippen LogP contribution >= 0.6 is 15.9 Å². The summed E-state index contributed by atoms with van der Waals surface area (Å²) in [6.45, 7) is 0. The first-order chi connectivity index (χ1) is 10.5. The van der Waals surface area contributed by atoms with Crippen LogP contribution < -0.4 is 10.9 Å². The molecule has 118 valence electrons. The normalized spacial score (nSPS) is 29.3. The van der Waals surface area contributed by atoms with E-state index in [0.717, 1.165) is 19.3 Å². The van der Waals surface area contributed by atoms with Crippen molar-refractivity contribution in [2.75, 3.05) is 0 Å². The number of fused-ring (bicyclic) bond motifs is 2. The van der Waals surface area contributed by atoms with E-state index in [1.807, 2.05) is 0 Å². The number of amides is 2. The molecule has 4 atom stereocenters. The first-order valence-electron chi connectivity index (χ1n) is 7.05. The monoisotopic (exact) mass is 370 g/mol. The molecule has 8 heteroatoms. The summed E-state index contributed by atoms with van der Waals surface area (Å²) in [7, 11) is 0. The molecule has 2 amide bonds. The highest BCUT2D eigenvalue weighted by atomic mass is 79.9. The van der Waals surface area contributed by atoms with E-state index in [4.69, 9.17) is 4.42 Å². The minimum Gasteiger partial charge on any atom is -0.481 e. The van der Waals surface area contributed by atoms with Crippen molar-refractivity contribution >= 4 is 33.7 Å². The van der Waals surface area contributed by atoms with Crippen molar-refractivity contribution in [3.8, 4) is 0 Å². The van der Waals surface area contributed by atoms with Crippen LogP contribution in [0.4, 0.5) is 0 Å². The van der Waals surface area contributed by atoms with Gasteiger partial charge in [0.05, 0.1) is 11.8 Å². The Balaban J connectivity index is 1.62. The fourth-order valence-corrected chi connectivity index (χ4v) is 4.03. The number of carboxylic acids is 1. The Morgan fingerprint density at radius 1 is 1.14 bits per heavy atom. The molecule has 2 saturated carbocycles. The summed E-state index contributed by atoms with van der Waals surface area (Å²) in [5, 5.41) is 9.33. The van der Waals surface area contributed by atoms with Gasteiger partial charge in [0.1, 0.15) is 0 Å². The first-order valence-corrected chi connectivity index (χ1v) is 7.85. The highest BCUT2D eigenvalue weighted by Gasteiger charge is 2.54. The summed E-state index contributed by atoms with van der Waals surface area (Å²) in [4.78, 5) is 35.4. The van der Waals surface area contributed by atoms with Crippen molar-refractivity contribution in [1.82, 2.24) is 10.9 Å². The number of hydrazine groups is 1. The highest BCUT2D eigenvalue weighted by molar-refractivity contribution is 9.10. The maximum atomic E-state index is 12.3. The topological polar surface area (TPSA) is 109 Å². The molecule has 2 aliphatic carbocycles. The Morgan fingerprint density at radius 2 is 1.82 bits per heavy atom.